The van der Waals surface area contributed by atoms with Crippen molar-refractivity contribution in [1.82, 2.24) is 24.0 Å². The molecule has 0 aliphatic carbocycles. The molecule has 2 rings (SSSR count). The Morgan fingerprint density at radius 3 is 2.48 bits per heavy atom. The fraction of sp³-hybridized carbons (Fsp3) is 0.600. The van der Waals surface area contributed by atoms with Gasteiger partial charge in [0.15, 0.2) is 11.2 Å². The standard InChI is InChI=1S/C15H23N5O3/c1-15(2,3)17-10(21)7-6-8-20-9-16-12-11(20)13(22)19(5)14(23)18(12)4/h9H,6-8H2,1-5H3,(H,17,21). The Labute approximate surface area is 133 Å². The van der Waals surface area contributed by atoms with Gasteiger partial charge >= 0.3 is 5.69 Å². The van der Waals surface area contributed by atoms with E-state index < -0.39 is 5.69 Å². The van der Waals surface area contributed by atoms with Crippen LogP contribution in [0.2, 0.25) is 0 Å². The molecule has 0 atom stereocenters. The molecule has 8 nitrogen and oxygen atoms in total. The summed E-state index contributed by atoms with van der Waals surface area (Å²) in [4.78, 5) is 40.1. The van der Waals surface area contributed by atoms with Gasteiger partial charge in [0.1, 0.15) is 0 Å². The number of aryl methyl sites for hydroxylation is 2. The van der Waals surface area contributed by atoms with Gasteiger partial charge in [0.05, 0.1) is 6.33 Å². The van der Waals surface area contributed by atoms with Gasteiger partial charge in [-0.3, -0.25) is 18.7 Å². The first-order valence-electron chi connectivity index (χ1n) is 7.53. The van der Waals surface area contributed by atoms with Gasteiger partial charge in [-0.1, -0.05) is 0 Å². The summed E-state index contributed by atoms with van der Waals surface area (Å²) in [5.74, 6) is -0.0257. The van der Waals surface area contributed by atoms with Crippen molar-refractivity contribution in [2.45, 2.75) is 45.7 Å². The summed E-state index contributed by atoms with van der Waals surface area (Å²) < 4.78 is 4.11. The van der Waals surface area contributed by atoms with Crippen molar-refractivity contribution in [3.05, 3.63) is 27.2 Å². The van der Waals surface area contributed by atoms with Crippen molar-refractivity contribution in [3.63, 3.8) is 0 Å². The lowest BCUT2D eigenvalue weighted by Crippen LogP contribution is -2.40. The van der Waals surface area contributed by atoms with Crippen LogP contribution in [-0.2, 0) is 25.4 Å². The first kappa shape index (κ1) is 17.0. The summed E-state index contributed by atoms with van der Waals surface area (Å²) in [7, 11) is 3.02. The van der Waals surface area contributed by atoms with Crippen LogP contribution >= 0.6 is 0 Å². The normalized spacial score (nSPS) is 11.9. The quantitative estimate of drug-likeness (QED) is 0.866. The Bertz CT molecular complexity index is 851. The zero-order valence-corrected chi connectivity index (χ0v) is 14.2. The molecule has 0 saturated heterocycles. The van der Waals surface area contributed by atoms with Gasteiger partial charge in [-0.2, -0.15) is 0 Å². The average Bonchev–Trinajstić information content (AvgIpc) is 2.85. The minimum absolute atomic E-state index is 0.0257. The monoisotopic (exact) mass is 321 g/mol. The molecule has 1 N–H and O–H groups in total. The van der Waals surface area contributed by atoms with Gasteiger partial charge in [0.25, 0.3) is 5.56 Å². The maximum absolute atomic E-state index is 12.3. The number of carbonyl (C=O) groups excluding carboxylic acids is 1. The minimum atomic E-state index is -0.405. The minimum Gasteiger partial charge on any atom is -0.352 e. The van der Waals surface area contributed by atoms with Gasteiger partial charge in [-0.25, -0.2) is 9.78 Å². The predicted octanol–water partition coefficient (Wildman–Crippen LogP) is 0.129. The lowest BCUT2D eigenvalue weighted by atomic mass is 10.1. The Balaban J connectivity index is 2.18. The van der Waals surface area contributed by atoms with Crippen molar-refractivity contribution in [2.24, 2.45) is 14.1 Å². The summed E-state index contributed by atoms with van der Waals surface area (Å²) in [6, 6.07) is 0. The van der Waals surface area contributed by atoms with Crippen LogP contribution in [0.4, 0.5) is 0 Å². The van der Waals surface area contributed by atoms with Gasteiger partial charge in [-0.05, 0) is 27.2 Å². The van der Waals surface area contributed by atoms with Crippen molar-refractivity contribution in [3.8, 4) is 0 Å². The second kappa shape index (κ2) is 6.02. The molecular formula is C15H23N5O3. The third-order valence-electron chi connectivity index (χ3n) is 3.53. The van der Waals surface area contributed by atoms with Crippen LogP contribution in [0.5, 0.6) is 0 Å². The van der Waals surface area contributed by atoms with E-state index in [2.05, 4.69) is 10.3 Å². The first-order valence-corrected chi connectivity index (χ1v) is 7.53. The third-order valence-corrected chi connectivity index (χ3v) is 3.53. The van der Waals surface area contributed by atoms with E-state index in [1.54, 1.807) is 11.6 Å². The van der Waals surface area contributed by atoms with Gasteiger partial charge in [0.2, 0.25) is 5.91 Å². The Morgan fingerprint density at radius 2 is 1.87 bits per heavy atom. The van der Waals surface area contributed by atoms with Crippen molar-refractivity contribution in [1.29, 1.82) is 0 Å². The number of nitrogens with one attached hydrogen (secondary N) is 1. The van der Waals surface area contributed by atoms with E-state index in [0.29, 0.717) is 30.6 Å². The van der Waals surface area contributed by atoms with Crippen LogP contribution < -0.4 is 16.6 Å². The summed E-state index contributed by atoms with van der Waals surface area (Å²) in [5, 5.41) is 2.90. The summed E-state index contributed by atoms with van der Waals surface area (Å²) in [5.41, 5.74) is -0.298. The van der Waals surface area contributed by atoms with Crippen LogP contribution in [0.1, 0.15) is 33.6 Å². The van der Waals surface area contributed by atoms with E-state index in [-0.39, 0.29) is 17.0 Å². The van der Waals surface area contributed by atoms with E-state index in [9.17, 15) is 14.4 Å². The molecule has 8 heteroatoms. The second-order valence-corrected chi connectivity index (χ2v) is 6.72. The molecule has 2 aromatic rings. The molecule has 23 heavy (non-hydrogen) atoms. The molecule has 0 saturated carbocycles. The number of hydrogen-bond acceptors (Lipinski definition) is 4. The zero-order valence-electron chi connectivity index (χ0n) is 14.2. The lowest BCUT2D eigenvalue weighted by molar-refractivity contribution is -0.122. The number of imidazole rings is 1. The fourth-order valence-corrected chi connectivity index (χ4v) is 2.46. The van der Waals surface area contributed by atoms with Crippen LogP contribution in [0.25, 0.3) is 11.2 Å². The topological polar surface area (TPSA) is 90.9 Å². The number of carbonyl (C=O) groups is 1. The SMILES string of the molecule is Cn1c(=O)c2c(ncn2CCCC(=O)NC(C)(C)C)n(C)c1=O. The number of hydrogen-bond donors (Lipinski definition) is 1. The van der Waals surface area contributed by atoms with Gasteiger partial charge < -0.3 is 9.88 Å². The van der Waals surface area contributed by atoms with Crippen LogP contribution in [-0.4, -0.2) is 30.1 Å². The van der Waals surface area contributed by atoms with Crippen molar-refractivity contribution >= 4 is 17.1 Å². The molecule has 2 heterocycles. The third kappa shape index (κ3) is 3.52. The van der Waals surface area contributed by atoms with Crippen LogP contribution in [0.15, 0.2) is 15.9 Å². The fourth-order valence-electron chi connectivity index (χ4n) is 2.46. The van der Waals surface area contributed by atoms with Gasteiger partial charge in [-0.15, -0.1) is 0 Å². The molecule has 0 fully saturated rings. The van der Waals surface area contributed by atoms with Crippen LogP contribution in [0.3, 0.4) is 0 Å². The largest absolute Gasteiger partial charge is 0.352 e. The molecule has 0 aromatic carbocycles. The highest BCUT2D eigenvalue weighted by Crippen LogP contribution is 2.08. The Hall–Kier alpha value is -2.38. The maximum atomic E-state index is 12.3. The number of amides is 1. The van der Waals surface area contributed by atoms with E-state index in [1.807, 2.05) is 20.8 Å². The van der Waals surface area contributed by atoms with Gasteiger partial charge in [0, 0.05) is 32.6 Å². The molecule has 0 radical (unpaired) electrons. The Morgan fingerprint density at radius 1 is 1.22 bits per heavy atom. The predicted molar refractivity (Wildman–Crippen MR) is 87.3 cm³/mol. The molecule has 126 valence electrons. The number of aromatic nitrogens is 4. The zero-order chi connectivity index (χ0) is 17.4. The summed E-state index contributed by atoms with van der Waals surface area (Å²) in [6.45, 7) is 6.27. The smallest absolute Gasteiger partial charge is 0.332 e. The van der Waals surface area contributed by atoms with E-state index in [4.69, 9.17) is 0 Å². The van der Waals surface area contributed by atoms with Crippen molar-refractivity contribution < 1.29 is 4.79 Å². The molecule has 0 aliphatic rings. The molecule has 0 unspecified atom stereocenters. The molecule has 0 spiro atoms. The molecular weight excluding hydrogens is 298 g/mol. The molecule has 1 amide bonds. The Kier molecular flexibility index (Phi) is 4.44. The maximum Gasteiger partial charge on any atom is 0.332 e. The van der Waals surface area contributed by atoms with Crippen molar-refractivity contribution in [2.75, 3.05) is 0 Å². The van der Waals surface area contributed by atoms with Crippen LogP contribution in [0, 0.1) is 0 Å². The second-order valence-electron chi connectivity index (χ2n) is 6.72. The molecule has 0 bridgehead atoms. The molecule has 2 aromatic heterocycles. The highest BCUT2D eigenvalue weighted by Gasteiger charge is 2.15. The van der Waals surface area contributed by atoms with E-state index >= 15 is 0 Å². The average molecular weight is 321 g/mol. The lowest BCUT2D eigenvalue weighted by Gasteiger charge is -2.20. The number of rotatable bonds is 4. The number of nitrogens with zero attached hydrogens (tertiary/aromatic N) is 4. The summed E-state index contributed by atoms with van der Waals surface area (Å²) >= 11 is 0. The summed E-state index contributed by atoms with van der Waals surface area (Å²) in [6.07, 6.45) is 2.48. The highest BCUT2D eigenvalue weighted by atomic mass is 16.2. The van der Waals surface area contributed by atoms with E-state index in [1.165, 1.54) is 17.9 Å². The molecule has 0 aliphatic heterocycles. The number of fused-ring (bicyclic) bond motifs is 1. The highest BCUT2D eigenvalue weighted by molar-refractivity contribution is 5.76. The first-order chi connectivity index (χ1) is 10.6. The van der Waals surface area contributed by atoms with E-state index in [0.717, 1.165) is 4.57 Å².